The van der Waals surface area contributed by atoms with Crippen LogP contribution in [0.15, 0.2) is 71.8 Å². The van der Waals surface area contributed by atoms with Crippen molar-refractivity contribution < 1.29 is 14.3 Å². The van der Waals surface area contributed by atoms with Crippen LogP contribution in [0.1, 0.15) is 29.8 Å². The SMILES string of the molecule is COc1ccc2ccccc2c1C=NNC(=O)C(NC(=O)c1ccccc1)C(C)C. The average Bonchev–Trinajstić information content (AvgIpc) is 2.77. The van der Waals surface area contributed by atoms with E-state index in [0.29, 0.717) is 11.3 Å². The number of carbonyl (C=O) groups is 2. The number of nitrogens with one attached hydrogen (secondary N) is 2. The lowest BCUT2D eigenvalue weighted by atomic mass is 10.0. The van der Waals surface area contributed by atoms with Crippen molar-refractivity contribution in [1.82, 2.24) is 10.7 Å². The predicted molar refractivity (Wildman–Crippen MR) is 119 cm³/mol. The summed E-state index contributed by atoms with van der Waals surface area (Å²) in [5, 5.41) is 8.92. The Kier molecular flexibility index (Phi) is 6.80. The monoisotopic (exact) mass is 403 g/mol. The number of rotatable bonds is 7. The number of methoxy groups -OCH3 is 1. The lowest BCUT2D eigenvalue weighted by molar-refractivity contribution is -0.123. The quantitative estimate of drug-likeness (QED) is 0.466. The van der Waals surface area contributed by atoms with E-state index in [1.807, 2.05) is 56.3 Å². The van der Waals surface area contributed by atoms with E-state index in [1.54, 1.807) is 37.6 Å². The molecule has 0 heterocycles. The van der Waals surface area contributed by atoms with E-state index in [9.17, 15) is 9.59 Å². The minimum Gasteiger partial charge on any atom is -0.496 e. The first kappa shape index (κ1) is 21.0. The van der Waals surface area contributed by atoms with Gasteiger partial charge in [0.1, 0.15) is 11.8 Å². The maximum absolute atomic E-state index is 12.7. The van der Waals surface area contributed by atoms with Crippen molar-refractivity contribution in [3.63, 3.8) is 0 Å². The molecular weight excluding hydrogens is 378 g/mol. The molecule has 3 aromatic rings. The molecule has 2 N–H and O–H groups in total. The molecule has 3 aromatic carbocycles. The molecule has 0 saturated carbocycles. The van der Waals surface area contributed by atoms with Crippen LogP contribution < -0.4 is 15.5 Å². The third-order valence-electron chi connectivity index (χ3n) is 4.79. The Bertz CT molecular complexity index is 1060. The topological polar surface area (TPSA) is 79.8 Å². The van der Waals surface area contributed by atoms with Gasteiger partial charge in [0, 0.05) is 11.1 Å². The zero-order valence-corrected chi connectivity index (χ0v) is 17.3. The van der Waals surface area contributed by atoms with Crippen LogP contribution in [0, 0.1) is 5.92 Å². The number of hydrogen-bond acceptors (Lipinski definition) is 4. The summed E-state index contributed by atoms with van der Waals surface area (Å²) in [5.41, 5.74) is 3.81. The summed E-state index contributed by atoms with van der Waals surface area (Å²) < 4.78 is 5.44. The highest BCUT2D eigenvalue weighted by atomic mass is 16.5. The Morgan fingerprint density at radius 1 is 0.967 bits per heavy atom. The molecular formula is C24H25N3O3. The maximum atomic E-state index is 12.7. The summed E-state index contributed by atoms with van der Waals surface area (Å²) in [7, 11) is 1.59. The van der Waals surface area contributed by atoms with Gasteiger partial charge in [-0.15, -0.1) is 0 Å². The first-order valence-corrected chi connectivity index (χ1v) is 9.76. The second-order valence-electron chi connectivity index (χ2n) is 7.20. The number of amides is 2. The van der Waals surface area contributed by atoms with Crippen molar-refractivity contribution in [2.45, 2.75) is 19.9 Å². The molecule has 0 saturated heterocycles. The molecule has 0 aliphatic heterocycles. The zero-order valence-electron chi connectivity index (χ0n) is 17.3. The first-order chi connectivity index (χ1) is 14.5. The molecule has 6 nitrogen and oxygen atoms in total. The largest absolute Gasteiger partial charge is 0.496 e. The predicted octanol–water partition coefficient (Wildman–Crippen LogP) is 3.75. The Hall–Kier alpha value is -3.67. The van der Waals surface area contributed by atoms with Crippen LogP contribution in [0.25, 0.3) is 10.8 Å². The first-order valence-electron chi connectivity index (χ1n) is 9.76. The van der Waals surface area contributed by atoms with Crippen molar-refractivity contribution >= 4 is 28.8 Å². The van der Waals surface area contributed by atoms with E-state index >= 15 is 0 Å². The van der Waals surface area contributed by atoms with Gasteiger partial charge < -0.3 is 10.1 Å². The van der Waals surface area contributed by atoms with Gasteiger partial charge in [0.05, 0.1) is 13.3 Å². The zero-order chi connectivity index (χ0) is 21.5. The Morgan fingerprint density at radius 2 is 1.67 bits per heavy atom. The standard InChI is InChI=1S/C24H25N3O3/c1-16(2)22(26-23(28)18-10-5-4-6-11-18)24(29)27-25-15-20-19-12-8-7-9-17(19)13-14-21(20)30-3/h4-16,22H,1-3H3,(H,26,28)(H,27,29). The highest BCUT2D eigenvalue weighted by Gasteiger charge is 2.24. The van der Waals surface area contributed by atoms with Gasteiger partial charge in [-0.25, -0.2) is 5.43 Å². The molecule has 154 valence electrons. The molecule has 1 atom stereocenters. The summed E-state index contributed by atoms with van der Waals surface area (Å²) in [4.78, 5) is 25.1. The summed E-state index contributed by atoms with van der Waals surface area (Å²) in [6.45, 7) is 3.74. The smallest absolute Gasteiger partial charge is 0.262 e. The van der Waals surface area contributed by atoms with Crippen molar-refractivity contribution in [2.75, 3.05) is 7.11 Å². The lowest BCUT2D eigenvalue weighted by Gasteiger charge is -2.20. The minimum atomic E-state index is -0.718. The summed E-state index contributed by atoms with van der Waals surface area (Å²) >= 11 is 0. The fourth-order valence-corrected chi connectivity index (χ4v) is 3.17. The number of benzene rings is 3. The van der Waals surface area contributed by atoms with Gasteiger partial charge in [0.15, 0.2) is 0 Å². The Morgan fingerprint density at radius 3 is 2.37 bits per heavy atom. The molecule has 0 spiro atoms. The van der Waals surface area contributed by atoms with Crippen molar-refractivity contribution in [3.05, 3.63) is 77.9 Å². The molecule has 6 heteroatoms. The molecule has 2 amide bonds. The fourth-order valence-electron chi connectivity index (χ4n) is 3.17. The van der Waals surface area contributed by atoms with Crippen LogP contribution in [-0.4, -0.2) is 31.2 Å². The number of nitrogens with zero attached hydrogens (tertiary/aromatic N) is 1. The molecule has 0 aliphatic carbocycles. The van der Waals surface area contributed by atoms with E-state index in [-0.39, 0.29) is 17.7 Å². The van der Waals surface area contributed by atoms with Crippen LogP contribution in [0.2, 0.25) is 0 Å². The summed E-state index contributed by atoms with van der Waals surface area (Å²) in [6.07, 6.45) is 1.56. The number of ether oxygens (including phenoxy) is 1. The van der Waals surface area contributed by atoms with Crippen molar-refractivity contribution in [1.29, 1.82) is 0 Å². The van der Waals surface area contributed by atoms with Crippen molar-refractivity contribution in [3.8, 4) is 5.75 Å². The third-order valence-corrected chi connectivity index (χ3v) is 4.79. The molecule has 0 aromatic heterocycles. The Balaban J connectivity index is 1.75. The number of hydrogen-bond donors (Lipinski definition) is 2. The van der Waals surface area contributed by atoms with Gasteiger partial charge in [0.2, 0.25) is 0 Å². The highest BCUT2D eigenvalue weighted by Crippen LogP contribution is 2.26. The number of carbonyl (C=O) groups excluding carboxylic acids is 2. The fraction of sp³-hybridized carbons (Fsp3) is 0.208. The van der Waals surface area contributed by atoms with Crippen molar-refractivity contribution in [2.24, 2.45) is 11.0 Å². The lowest BCUT2D eigenvalue weighted by Crippen LogP contribution is -2.48. The molecule has 3 rings (SSSR count). The van der Waals surface area contributed by atoms with Gasteiger partial charge in [-0.3, -0.25) is 9.59 Å². The number of fused-ring (bicyclic) bond motifs is 1. The minimum absolute atomic E-state index is 0.111. The molecule has 0 aliphatic rings. The van der Waals surface area contributed by atoms with Gasteiger partial charge in [-0.2, -0.15) is 5.10 Å². The summed E-state index contributed by atoms with van der Waals surface area (Å²) in [6, 6.07) is 19.8. The van der Waals surface area contributed by atoms with E-state index in [2.05, 4.69) is 15.8 Å². The second-order valence-corrected chi connectivity index (χ2v) is 7.20. The van der Waals surface area contributed by atoms with Gasteiger partial charge in [0.25, 0.3) is 11.8 Å². The van der Waals surface area contributed by atoms with Crippen LogP contribution in [0.3, 0.4) is 0 Å². The maximum Gasteiger partial charge on any atom is 0.262 e. The van der Waals surface area contributed by atoms with Gasteiger partial charge in [-0.05, 0) is 34.9 Å². The molecule has 0 fully saturated rings. The molecule has 0 radical (unpaired) electrons. The van der Waals surface area contributed by atoms with Crippen LogP contribution in [0.5, 0.6) is 5.75 Å². The second kappa shape index (κ2) is 9.69. The average molecular weight is 403 g/mol. The van der Waals surface area contributed by atoms with Gasteiger partial charge in [-0.1, -0.05) is 62.4 Å². The van der Waals surface area contributed by atoms with Crippen LogP contribution in [-0.2, 0) is 4.79 Å². The third kappa shape index (κ3) is 4.84. The molecule has 1 unspecified atom stereocenters. The molecule has 0 bridgehead atoms. The Labute approximate surface area is 175 Å². The summed E-state index contributed by atoms with van der Waals surface area (Å²) in [5.74, 6) is -0.140. The van der Waals surface area contributed by atoms with Gasteiger partial charge >= 0.3 is 0 Å². The normalized spacial score (nSPS) is 12.1. The van der Waals surface area contributed by atoms with E-state index in [0.717, 1.165) is 16.3 Å². The van der Waals surface area contributed by atoms with Crippen LogP contribution >= 0.6 is 0 Å². The van der Waals surface area contributed by atoms with E-state index in [4.69, 9.17) is 4.74 Å². The van der Waals surface area contributed by atoms with E-state index < -0.39 is 6.04 Å². The molecule has 30 heavy (non-hydrogen) atoms. The van der Waals surface area contributed by atoms with E-state index in [1.165, 1.54) is 0 Å². The highest BCUT2D eigenvalue weighted by molar-refractivity contribution is 6.03. The number of hydrazone groups is 1. The van der Waals surface area contributed by atoms with Crippen LogP contribution in [0.4, 0.5) is 0 Å².